The standard InChI is InChI=1S/C25H26N8O2/c1-4-21-27-23-22(24(34)32(13-16(2)3)25(35)28-23)31(21)14-17-9-11-18(12-10-17)19-7-5-6-8-20(19)33-15-26-29-30-33/h5-12,15-16H,4,13-14H2,1-3H3,(H,28,35). The smallest absolute Gasteiger partial charge is 0.318 e. The van der Waals surface area contributed by atoms with Crippen LogP contribution in [0.4, 0.5) is 0 Å². The molecule has 0 aliphatic heterocycles. The minimum Gasteiger partial charge on any atom is -0.318 e. The van der Waals surface area contributed by atoms with Crippen LogP contribution < -0.4 is 11.2 Å². The summed E-state index contributed by atoms with van der Waals surface area (Å²) in [5.41, 5.74) is 3.96. The summed E-state index contributed by atoms with van der Waals surface area (Å²) in [5.74, 6) is 0.917. The van der Waals surface area contributed by atoms with Crippen molar-refractivity contribution in [1.29, 1.82) is 0 Å². The van der Waals surface area contributed by atoms with Crippen LogP contribution in [-0.4, -0.2) is 39.3 Å². The largest absolute Gasteiger partial charge is 0.330 e. The number of H-pyrrole nitrogens is 1. The van der Waals surface area contributed by atoms with Crippen LogP contribution in [0.25, 0.3) is 28.0 Å². The number of fused-ring (bicyclic) bond motifs is 1. The van der Waals surface area contributed by atoms with Crippen LogP contribution >= 0.6 is 0 Å². The summed E-state index contributed by atoms with van der Waals surface area (Å²) in [6.07, 6.45) is 2.21. The second-order valence-electron chi connectivity index (χ2n) is 8.87. The lowest BCUT2D eigenvalue weighted by Gasteiger charge is -2.12. The molecule has 2 aromatic carbocycles. The third-order valence-electron chi connectivity index (χ3n) is 5.93. The number of aromatic nitrogens is 8. The van der Waals surface area contributed by atoms with E-state index < -0.39 is 5.69 Å². The third-order valence-corrected chi connectivity index (χ3v) is 5.93. The summed E-state index contributed by atoms with van der Waals surface area (Å²) < 4.78 is 4.81. The molecular weight excluding hydrogens is 444 g/mol. The maximum absolute atomic E-state index is 13.3. The molecular formula is C25H26N8O2. The molecule has 0 unspecified atom stereocenters. The molecule has 0 spiro atoms. The van der Waals surface area contributed by atoms with E-state index in [0.717, 1.165) is 28.2 Å². The van der Waals surface area contributed by atoms with Crippen LogP contribution in [0.2, 0.25) is 0 Å². The number of hydrogen-bond acceptors (Lipinski definition) is 6. The number of para-hydroxylation sites is 1. The first-order valence-electron chi connectivity index (χ1n) is 11.6. The summed E-state index contributed by atoms with van der Waals surface area (Å²) in [6.45, 7) is 6.76. The fourth-order valence-electron chi connectivity index (χ4n) is 4.32. The Hall–Kier alpha value is -4.34. The van der Waals surface area contributed by atoms with E-state index in [4.69, 9.17) is 0 Å². The van der Waals surface area contributed by atoms with Gasteiger partial charge in [0.05, 0.1) is 5.69 Å². The Balaban J connectivity index is 1.53. The quantitative estimate of drug-likeness (QED) is 0.391. The second kappa shape index (κ2) is 9.13. The number of rotatable bonds is 7. The SMILES string of the molecule is CCc1nc2[nH]c(=O)n(CC(C)C)c(=O)c2n1Cc1ccc(-c2ccccc2-n2cnnn2)cc1. The normalized spacial score (nSPS) is 11.5. The van der Waals surface area contributed by atoms with Gasteiger partial charge in [-0.15, -0.1) is 5.10 Å². The number of tetrazole rings is 1. The van der Waals surface area contributed by atoms with Gasteiger partial charge in [0, 0.05) is 25.1 Å². The summed E-state index contributed by atoms with van der Waals surface area (Å²) in [4.78, 5) is 33.1. The van der Waals surface area contributed by atoms with E-state index in [1.807, 2.05) is 73.9 Å². The molecule has 5 rings (SSSR count). The Labute approximate surface area is 200 Å². The van der Waals surface area contributed by atoms with Crippen molar-refractivity contribution in [2.45, 2.75) is 40.3 Å². The Morgan fingerprint density at radius 2 is 1.77 bits per heavy atom. The molecule has 5 aromatic rings. The Bertz CT molecular complexity index is 1590. The molecule has 0 aliphatic carbocycles. The molecule has 35 heavy (non-hydrogen) atoms. The van der Waals surface area contributed by atoms with Crippen molar-refractivity contribution < 1.29 is 0 Å². The van der Waals surface area contributed by atoms with Crippen molar-refractivity contribution in [2.75, 3.05) is 0 Å². The molecule has 3 heterocycles. The first kappa shape index (κ1) is 22.5. The van der Waals surface area contributed by atoms with E-state index in [1.54, 1.807) is 11.0 Å². The van der Waals surface area contributed by atoms with Crippen molar-refractivity contribution in [1.82, 2.24) is 39.3 Å². The lowest BCUT2D eigenvalue weighted by atomic mass is 10.0. The maximum Gasteiger partial charge on any atom is 0.330 e. The Morgan fingerprint density at radius 3 is 2.46 bits per heavy atom. The second-order valence-corrected chi connectivity index (χ2v) is 8.87. The first-order chi connectivity index (χ1) is 17.0. The molecule has 0 saturated carbocycles. The van der Waals surface area contributed by atoms with Gasteiger partial charge in [-0.05, 0) is 33.5 Å². The molecule has 0 saturated heterocycles. The van der Waals surface area contributed by atoms with Gasteiger partial charge in [0.2, 0.25) is 0 Å². The predicted molar refractivity (Wildman–Crippen MR) is 133 cm³/mol. The van der Waals surface area contributed by atoms with Crippen LogP contribution in [0.5, 0.6) is 0 Å². The Morgan fingerprint density at radius 1 is 1.00 bits per heavy atom. The van der Waals surface area contributed by atoms with Crippen molar-refractivity contribution in [3.63, 3.8) is 0 Å². The van der Waals surface area contributed by atoms with Crippen LogP contribution in [0.15, 0.2) is 64.4 Å². The number of nitrogens with zero attached hydrogens (tertiary/aromatic N) is 7. The predicted octanol–water partition coefficient (Wildman–Crippen LogP) is 2.80. The lowest BCUT2D eigenvalue weighted by molar-refractivity contribution is 0.494. The topological polar surface area (TPSA) is 116 Å². The van der Waals surface area contributed by atoms with Crippen LogP contribution in [-0.2, 0) is 19.5 Å². The summed E-state index contributed by atoms with van der Waals surface area (Å²) in [5, 5.41) is 11.5. The van der Waals surface area contributed by atoms with Gasteiger partial charge in [-0.25, -0.2) is 9.78 Å². The molecule has 10 nitrogen and oxygen atoms in total. The summed E-state index contributed by atoms with van der Waals surface area (Å²) in [7, 11) is 0. The minimum absolute atomic E-state index is 0.164. The van der Waals surface area contributed by atoms with Crippen LogP contribution in [0, 0.1) is 5.92 Å². The zero-order valence-electron chi connectivity index (χ0n) is 19.8. The molecule has 0 fully saturated rings. The average Bonchev–Trinajstić information content (AvgIpc) is 3.51. The van der Waals surface area contributed by atoms with Gasteiger partial charge in [0.1, 0.15) is 12.2 Å². The van der Waals surface area contributed by atoms with Gasteiger partial charge in [-0.3, -0.25) is 14.3 Å². The van der Waals surface area contributed by atoms with Crippen molar-refractivity contribution in [3.05, 3.63) is 87.1 Å². The van der Waals surface area contributed by atoms with E-state index in [2.05, 4.69) is 25.5 Å². The number of imidazole rings is 1. The van der Waals surface area contributed by atoms with E-state index >= 15 is 0 Å². The summed E-state index contributed by atoms with van der Waals surface area (Å²) >= 11 is 0. The molecule has 178 valence electrons. The monoisotopic (exact) mass is 470 g/mol. The van der Waals surface area contributed by atoms with Crippen molar-refractivity contribution in [2.24, 2.45) is 5.92 Å². The van der Waals surface area contributed by atoms with Gasteiger partial charge < -0.3 is 4.57 Å². The van der Waals surface area contributed by atoms with E-state index in [1.165, 1.54) is 4.57 Å². The fourth-order valence-corrected chi connectivity index (χ4v) is 4.32. The average molecular weight is 471 g/mol. The van der Waals surface area contributed by atoms with Crippen molar-refractivity contribution >= 4 is 11.2 Å². The zero-order valence-corrected chi connectivity index (χ0v) is 19.8. The van der Waals surface area contributed by atoms with Crippen molar-refractivity contribution in [3.8, 4) is 16.8 Å². The number of nitrogens with one attached hydrogen (secondary N) is 1. The van der Waals surface area contributed by atoms with Crippen LogP contribution in [0.3, 0.4) is 0 Å². The molecule has 1 N–H and O–H groups in total. The maximum atomic E-state index is 13.3. The highest BCUT2D eigenvalue weighted by atomic mass is 16.2. The van der Waals surface area contributed by atoms with Gasteiger partial charge in [-0.1, -0.05) is 63.2 Å². The van der Waals surface area contributed by atoms with Gasteiger partial charge in [0.25, 0.3) is 5.56 Å². The number of aryl methyl sites for hydroxylation is 1. The zero-order chi connectivity index (χ0) is 24.5. The molecule has 3 aromatic heterocycles. The first-order valence-corrected chi connectivity index (χ1v) is 11.6. The molecule has 0 amide bonds. The fraction of sp³-hybridized carbons (Fsp3) is 0.280. The highest BCUT2D eigenvalue weighted by Crippen LogP contribution is 2.26. The summed E-state index contributed by atoms with van der Waals surface area (Å²) in [6, 6.07) is 16.1. The Kier molecular flexibility index (Phi) is 5.86. The molecule has 0 aliphatic rings. The van der Waals surface area contributed by atoms with Gasteiger partial charge >= 0.3 is 5.69 Å². The van der Waals surface area contributed by atoms with E-state index in [-0.39, 0.29) is 11.5 Å². The molecule has 0 atom stereocenters. The highest BCUT2D eigenvalue weighted by molar-refractivity contribution is 5.73. The lowest BCUT2D eigenvalue weighted by Crippen LogP contribution is -2.37. The molecule has 0 radical (unpaired) electrons. The van der Waals surface area contributed by atoms with E-state index in [9.17, 15) is 9.59 Å². The van der Waals surface area contributed by atoms with E-state index in [0.29, 0.717) is 30.7 Å². The molecule has 0 bridgehead atoms. The number of hydrogen-bond donors (Lipinski definition) is 1. The molecule has 10 heteroatoms. The van der Waals surface area contributed by atoms with Gasteiger partial charge in [-0.2, -0.15) is 4.68 Å². The number of aromatic amines is 1. The van der Waals surface area contributed by atoms with Gasteiger partial charge in [0.15, 0.2) is 11.2 Å². The minimum atomic E-state index is -0.422. The number of benzene rings is 2. The highest BCUT2D eigenvalue weighted by Gasteiger charge is 2.18. The third kappa shape index (κ3) is 4.18. The van der Waals surface area contributed by atoms with Crippen LogP contribution in [0.1, 0.15) is 32.2 Å².